The first-order chi connectivity index (χ1) is 10.9. The van der Waals surface area contributed by atoms with E-state index in [4.69, 9.17) is 0 Å². The molecule has 0 unspecified atom stereocenters. The van der Waals surface area contributed by atoms with Crippen LogP contribution in [-0.4, -0.2) is 46.0 Å². The number of nitrogens with zero attached hydrogens (tertiary/aromatic N) is 2. The van der Waals surface area contributed by atoms with Gasteiger partial charge in [-0.3, -0.25) is 4.79 Å². The third kappa shape index (κ3) is 2.73. The fourth-order valence-corrected chi connectivity index (χ4v) is 3.38. The minimum Gasteiger partial charge on any atom is -0.465 e. The Hall–Kier alpha value is -2.25. The third-order valence-corrected chi connectivity index (χ3v) is 4.43. The Morgan fingerprint density at radius 1 is 1.17 bits per heavy atom. The summed E-state index contributed by atoms with van der Waals surface area (Å²) in [5, 5.41) is 9.23. The SMILES string of the molecule is O=C(O)N1C[C@@H]2CCCC(=O)N2[C@H](c2cc(F)c(F)c(F)c2)C1. The number of amides is 2. The van der Waals surface area contributed by atoms with Crippen molar-refractivity contribution in [3.05, 3.63) is 35.1 Å². The Balaban J connectivity index is 2.02. The van der Waals surface area contributed by atoms with Crippen molar-refractivity contribution in [1.82, 2.24) is 9.80 Å². The smallest absolute Gasteiger partial charge is 0.407 e. The van der Waals surface area contributed by atoms with Gasteiger partial charge in [-0.1, -0.05) is 0 Å². The number of carboxylic acid groups (broad SMARTS) is 1. The van der Waals surface area contributed by atoms with E-state index in [1.807, 2.05) is 0 Å². The zero-order valence-electron chi connectivity index (χ0n) is 12.1. The Bertz CT molecular complexity index is 644. The van der Waals surface area contributed by atoms with Crippen molar-refractivity contribution in [3.63, 3.8) is 0 Å². The molecule has 8 heteroatoms. The molecule has 0 aliphatic carbocycles. The molecule has 2 aliphatic rings. The Morgan fingerprint density at radius 2 is 1.83 bits per heavy atom. The molecule has 5 nitrogen and oxygen atoms in total. The third-order valence-electron chi connectivity index (χ3n) is 4.43. The predicted octanol–water partition coefficient (Wildman–Crippen LogP) is 2.52. The lowest BCUT2D eigenvalue weighted by atomic mass is 9.92. The van der Waals surface area contributed by atoms with Crippen LogP contribution in [0.3, 0.4) is 0 Å². The van der Waals surface area contributed by atoms with Crippen LogP contribution in [0, 0.1) is 17.5 Å². The van der Waals surface area contributed by atoms with Crippen molar-refractivity contribution in [3.8, 4) is 0 Å². The van der Waals surface area contributed by atoms with Gasteiger partial charge in [0.1, 0.15) is 0 Å². The van der Waals surface area contributed by atoms with Gasteiger partial charge in [0.25, 0.3) is 0 Å². The molecule has 0 bridgehead atoms. The zero-order valence-corrected chi connectivity index (χ0v) is 12.1. The highest BCUT2D eigenvalue weighted by molar-refractivity contribution is 5.78. The molecule has 0 aromatic heterocycles. The highest BCUT2D eigenvalue weighted by Gasteiger charge is 2.41. The average molecular weight is 328 g/mol. The summed E-state index contributed by atoms with van der Waals surface area (Å²) in [6.07, 6.45) is 0.423. The van der Waals surface area contributed by atoms with Crippen molar-refractivity contribution in [1.29, 1.82) is 0 Å². The molecule has 0 spiro atoms. The fourth-order valence-electron chi connectivity index (χ4n) is 3.38. The van der Waals surface area contributed by atoms with Crippen LogP contribution in [0.5, 0.6) is 0 Å². The van der Waals surface area contributed by atoms with Crippen molar-refractivity contribution < 1.29 is 27.9 Å². The van der Waals surface area contributed by atoms with Crippen molar-refractivity contribution in [2.45, 2.75) is 31.3 Å². The molecule has 1 aromatic rings. The standard InChI is InChI=1S/C15H15F3N2O3/c16-10-4-8(5-11(17)14(10)18)12-7-19(15(22)23)6-9-2-1-3-13(21)20(9)12/h4-5,9,12H,1-3,6-7H2,(H,22,23)/t9-,12-/m0/s1. The lowest BCUT2D eigenvalue weighted by Gasteiger charge is -2.48. The monoisotopic (exact) mass is 328 g/mol. The van der Waals surface area contributed by atoms with Crippen molar-refractivity contribution >= 4 is 12.0 Å². The first-order valence-corrected chi connectivity index (χ1v) is 7.32. The maximum atomic E-state index is 13.5. The summed E-state index contributed by atoms with van der Waals surface area (Å²) in [5.74, 6) is -4.47. The van der Waals surface area contributed by atoms with Crippen molar-refractivity contribution in [2.75, 3.05) is 13.1 Å². The van der Waals surface area contributed by atoms with Gasteiger partial charge in [-0.2, -0.15) is 0 Å². The van der Waals surface area contributed by atoms with E-state index in [1.165, 1.54) is 4.90 Å². The number of rotatable bonds is 1. The average Bonchev–Trinajstić information content (AvgIpc) is 2.51. The van der Waals surface area contributed by atoms with Crippen LogP contribution in [0.1, 0.15) is 30.9 Å². The number of piperazine rings is 1. The van der Waals surface area contributed by atoms with Gasteiger partial charge in [0.2, 0.25) is 5.91 Å². The summed E-state index contributed by atoms with van der Waals surface area (Å²) < 4.78 is 40.2. The highest BCUT2D eigenvalue weighted by atomic mass is 19.2. The molecule has 1 aromatic carbocycles. The number of benzene rings is 1. The Morgan fingerprint density at radius 3 is 2.43 bits per heavy atom. The van der Waals surface area contributed by atoms with Crippen LogP contribution in [0.4, 0.5) is 18.0 Å². The molecule has 0 saturated carbocycles. The molecule has 2 aliphatic heterocycles. The molecule has 2 fully saturated rings. The lowest BCUT2D eigenvalue weighted by molar-refractivity contribution is -0.143. The van der Waals surface area contributed by atoms with E-state index in [1.54, 1.807) is 0 Å². The van der Waals surface area contributed by atoms with Crippen LogP contribution in [-0.2, 0) is 4.79 Å². The van der Waals surface area contributed by atoms with E-state index in [-0.39, 0.29) is 30.6 Å². The number of halogens is 3. The van der Waals surface area contributed by atoms with E-state index in [0.29, 0.717) is 19.3 Å². The quantitative estimate of drug-likeness (QED) is 0.806. The van der Waals surface area contributed by atoms with Gasteiger partial charge in [-0.25, -0.2) is 18.0 Å². The lowest BCUT2D eigenvalue weighted by Crippen LogP contribution is -2.59. The van der Waals surface area contributed by atoms with E-state index in [2.05, 4.69) is 0 Å². The molecule has 124 valence electrons. The summed E-state index contributed by atoms with van der Waals surface area (Å²) in [7, 11) is 0. The molecule has 3 rings (SSSR count). The van der Waals surface area contributed by atoms with Crippen LogP contribution in [0.15, 0.2) is 12.1 Å². The highest BCUT2D eigenvalue weighted by Crippen LogP contribution is 2.35. The van der Waals surface area contributed by atoms with E-state index >= 15 is 0 Å². The predicted molar refractivity (Wildman–Crippen MR) is 73.1 cm³/mol. The number of fused-ring (bicyclic) bond motifs is 1. The topological polar surface area (TPSA) is 60.9 Å². The first-order valence-electron chi connectivity index (χ1n) is 7.32. The zero-order chi connectivity index (χ0) is 16.7. The van der Waals surface area contributed by atoms with Gasteiger partial charge in [0.05, 0.1) is 12.1 Å². The van der Waals surface area contributed by atoms with Gasteiger partial charge in [-0.15, -0.1) is 0 Å². The van der Waals surface area contributed by atoms with Gasteiger partial charge in [0.15, 0.2) is 17.5 Å². The van der Waals surface area contributed by atoms with Crippen LogP contribution < -0.4 is 0 Å². The number of hydrogen-bond acceptors (Lipinski definition) is 2. The first kappa shape index (κ1) is 15.6. The van der Waals surface area contributed by atoms with Crippen LogP contribution in [0.2, 0.25) is 0 Å². The summed E-state index contributed by atoms with van der Waals surface area (Å²) >= 11 is 0. The second-order valence-electron chi connectivity index (χ2n) is 5.85. The van der Waals surface area contributed by atoms with Crippen molar-refractivity contribution in [2.24, 2.45) is 0 Å². The van der Waals surface area contributed by atoms with Gasteiger partial charge >= 0.3 is 6.09 Å². The normalized spacial score (nSPS) is 24.6. The molecular weight excluding hydrogens is 313 g/mol. The summed E-state index contributed by atoms with van der Waals surface area (Å²) in [6.45, 7) is 0.0752. The minimum atomic E-state index is -1.58. The molecule has 2 amide bonds. The fraction of sp³-hybridized carbons (Fsp3) is 0.467. The summed E-state index contributed by atoms with van der Waals surface area (Å²) in [5.41, 5.74) is 0.0626. The van der Waals surface area contributed by atoms with Gasteiger partial charge in [0, 0.05) is 19.5 Å². The second-order valence-corrected chi connectivity index (χ2v) is 5.85. The largest absolute Gasteiger partial charge is 0.465 e. The summed E-state index contributed by atoms with van der Waals surface area (Å²) in [6, 6.07) is 0.505. The maximum absolute atomic E-state index is 13.5. The van der Waals surface area contributed by atoms with E-state index < -0.39 is 29.6 Å². The molecule has 2 atom stereocenters. The van der Waals surface area contributed by atoms with Gasteiger partial charge < -0.3 is 14.9 Å². The molecule has 2 saturated heterocycles. The van der Waals surface area contributed by atoms with Crippen LogP contribution >= 0.6 is 0 Å². The number of piperidine rings is 1. The summed E-state index contributed by atoms with van der Waals surface area (Å²) in [4.78, 5) is 26.1. The Kier molecular flexibility index (Phi) is 3.91. The minimum absolute atomic E-state index is 0.0626. The van der Waals surface area contributed by atoms with E-state index in [9.17, 15) is 27.9 Å². The maximum Gasteiger partial charge on any atom is 0.407 e. The molecule has 23 heavy (non-hydrogen) atoms. The molecule has 2 heterocycles. The Labute approximate surface area is 130 Å². The molecule has 0 radical (unpaired) electrons. The molecular formula is C15H15F3N2O3. The van der Waals surface area contributed by atoms with Crippen LogP contribution in [0.25, 0.3) is 0 Å². The van der Waals surface area contributed by atoms with Gasteiger partial charge in [-0.05, 0) is 30.5 Å². The second kappa shape index (κ2) is 5.75. The number of carbonyl (C=O) groups excluding carboxylic acids is 1. The number of hydrogen-bond donors (Lipinski definition) is 1. The number of carbonyl (C=O) groups is 2. The molecule has 1 N–H and O–H groups in total. The van der Waals surface area contributed by atoms with E-state index in [0.717, 1.165) is 17.0 Å².